The zero-order chi connectivity index (χ0) is 14.5. The zero-order valence-electron chi connectivity index (χ0n) is 12.5. The van der Waals surface area contributed by atoms with Crippen LogP contribution in [-0.2, 0) is 17.9 Å². The van der Waals surface area contributed by atoms with Crippen LogP contribution >= 0.6 is 11.8 Å². The van der Waals surface area contributed by atoms with Gasteiger partial charge in [0.15, 0.2) is 0 Å². The van der Waals surface area contributed by atoms with Crippen LogP contribution in [0.5, 0.6) is 0 Å². The van der Waals surface area contributed by atoms with Crippen molar-refractivity contribution in [3.8, 4) is 0 Å². The molecule has 0 aromatic heterocycles. The van der Waals surface area contributed by atoms with E-state index in [-0.39, 0.29) is 12.2 Å². The number of ether oxygens (including phenoxy) is 1. The summed E-state index contributed by atoms with van der Waals surface area (Å²) >= 11 is 2.06. The molecule has 1 aromatic carbocycles. The number of benzene rings is 1. The SMILES string of the molecule is OCc1ccc(CNC2CCOC3(CCSCC3)C2)cc1. The summed E-state index contributed by atoms with van der Waals surface area (Å²) in [6.45, 7) is 1.92. The minimum Gasteiger partial charge on any atom is -0.392 e. The minimum absolute atomic E-state index is 0.119. The Kier molecular flexibility index (Phi) is 5.22. The molecule has 0 saturated carbocycles. The highest BCUT2D eigenvalue weighted by Gasteiger charge is 2.38. The van der Waals surface area contributed by atoms with Crippen LogP contribution in [0.2, 0.25) is 0 Å². The Morgan fingerprint density at radius 3 is 2.62 bits per heavy atom. The molecule has 0 radical (unpaired) electrons. The lowest BCUT2D eigenvalue weighted by molar-refractivity contribution is -0.0933. The van der Waals surface area contributed by atoms with E-state index in [1.54, 1.807) is 0 Å². The number of nitrogens with one attached hydrogen (secondary N) is 1. The Hall–Kier alpha value is -0.550. The number of thioether (sulfide) groups is 1. The van der Waals surface area contributed by atoms with Crippen LogP contribution in [0, 0.1) is 0 Å². The molecule has 0 bridgehead atoms. The Morgan fingerprint density at radius 1 is 1.19 bits per heavy atom. The molecule has 21 heavy (non-hydrogen) atoms. The van der Waals surface area contributed by atoms with Gasteiger partial charge in [0.2, 0.25) is 0 Å². The first kappa shape index (κ1) is 15.3. The molecule has 2 saturated heterocycles. The third kappa shape index (κ3) is 4.01. The second-order valence-corrected chi connectivity index (χ2v) is 7.41. The predicted octanol–water partition coefficient (Wildman–Crippen LogP) is 2.71. The maximum Gasteiger partial charge on any atom is 0.0713 e. The number of hydrogen-bond donors (Lipinski definition) is 2. The summed E-state index contributed by atoms with van der Waals surface area (Å²) in [5.74, 6) is 2.49. The van der Waals surface area contributed by atoms with Gasteiger partial charge in [-0.1, -0.05) is 24.3 Å². The van der Waals surface area contributed by atoms with Crippen LogP contribution in [0.15, 0.2) is 24.3 Å². The van der Waals surface area contributed by atoms with Crippen LogP contribution < -0.4 is 5.32 Å². The highest BCUT2D eigenvalue weighted by atomic mass is 32.2. The van der Waals surface area contributed by atoms with Crippen molar-refractivity contribution in [3.05, 3.63) is 35.4 Å². The number of aliphatic hydroxyl groups excluding tert-OH is 1. The standard InChI is InChI=1S/C17H25NO2S/c19-13-15-3-1-14(2-4-15)12-18-16-5-8-20-17(11-16)6-9-21-10-7-17/h1-4,16,18-19H,5-13H2. The molecule has 4 heteroatoms. The molecule has 2 heterocycles. The van der Waals surface area contributed by atoms with Gasteiger partial charge in [0.1, 0.15) is 0 Å². The fourth-order valence-corrected chi connectivity index (χ4v) is 4.56. The molecular weight excluding hydrogens is 282 g/mol. The molecule has 0 aliphatic carbocycles. The topological polar surface area (TPSA) is 41.5 Å². The summed E-state index contributed by atoms with van der Waals surface area (Å²) in [5.41, 5.74) is 2.41. The van der Waals surface area contributed by atoms with Crippen molar-refractivity contribution in [1.29, 1.82) is 0 Å². The van der Waals surface area contributed by atoms with Gasteiger partial charge in [0.05, 0.1) is 12.2 Å². The summed E-state index contributed by atoms with van der Waals surface area (Å²) in [6, 6.07) is 8.77. The summed E-state index contributed by atoms with van der Waals surface area (Å²) in [5, 5.41) is 12.8. The lowest BCUT2D eigenvalue weighted by Crippen LogP contribution is -2.48. The molecule has 1 unspecified atom stereocenters. The smallest absolute Gasteiger partial charge is 0.0713 e. The third-order valence-corrected chi connectivity index (χ3v) is 5.68. The summed E-state index contributed by atoms with van der Waals surface area (Å²) in [7, 11) is 0. The van der Waals surface area contributed by atoms with E-state index in [2.05, 4.69) is 29.2 Å². The van der Waals surface area contributed by atoms with Gasteiger partial charge in [-0.05, 0) is 48.3 Å². The number of rotatable bonds is 4. The summed E-state index contributed by atoms with van der Waals surface area (Å²) in [4.78, 5) is 0. The van der Waals surface area contributed by atoms with Crippen molar-refractivity contribution in [2.24, 2.45) is 0 Å². The fraction of sp³-hybridized carbons (Fsp3) is 0.647. The highest BCUT2D eigenvalue weighted by molar-refractivity contribution is 7.99. The second-order valence-electron chi connectivity index (χ2n) is 6.19. The van der Waals surface area contributed by atoms with Gasteiger partial charge < -0.3 is 15.2 Å². The zero-order valence-corrected chi connectivity index (χ0v) is 13.3. The first-order valence-electron chi connectivity index (χ1n) is 7.93. The summed E-state index contributed by atoms with van der Waals surface area (Å²) in [6.07, 6.45) is 4.69. The molecule has 116 valence electrons. The van der Waals surface area contributed by atoms with Crippen molar-refractivity contribution in [2.45, 2.75) is 50.5 Å². The Labute approximate surface area is 131 Å². The third-order valence-electron chi connectivity index (χ3n) is 4.70. The Balaban J connectivity index is 1.52. The number of hydrogen-bond acceptors (Lipinski definition) is 4. The minimum atomic E-state index is 0.119. The molecule has 3 rings (SSSR count). The fourth-order valence-electron chi connectivity index (χ4n) is 3.32. The van der Waals surface area contributed by atoms with Crippen LogP contribution in [0.4, 0.5) is 0 Å². The van der Waals surface area contributed by atoms with Crippen LogP contribution in [0.25, 0.3) is 0 Å². The molecule has 1 atom stereocenters. The lowest BCUT2D eigenvalue weighted by atomic mass is 9.85. The van der Waals surface area contributed by atoms with Crippen molar-refractivity contribution in [3.63, 3.8) is 0 Å². The van der Waals surface area contributed by atoms with Crippen molar-refractivity contribution in [2.75, 3.05) is 18.1 Å². The van der Waals surface area contributed by atoms with E-state index in [9.17, 15) is 0 Å². The monoisotopic (exact) mass is 307 g/mol. The van der Waals surface area contributed by atoms with Gasteiger partial charge in [0.25, 0.3) is 0 Å². The average molecular weight is 307 g/mol. The van der Waals surface area contributed by atoms with Gasteiger partial charge >= 0.3 is 0 Å². The first-order chi connectivity index (χ1) is 10.3. The van der Waals surface area contributed by atoms with E-state index in [1.807, 2.05) is 12.1 Å². The van der Waals surface area contributed by atoms with Gasteiger partial charge in [-0.3, -0.25) is 0 Å². The molecule has 0 amide bonds. The van der Waals surface area contributed by atoms with Gasteiger partial charge in [-0.15, -0.1) is 0 Å². The Morgan fingerprint density at radius 2 is 1.90 bits per heavy atom. The first-order valence-corrected chi connectivity index (χ1v) is 9.09. The quantitative estimate of drug-likeness (QED) is 0.897. The van der Waals surface area contributed by atoms with Crippen molar-refractivity contribution >= 4 is 11.8 Å². The van der Waals surface area contributed by atoms with Gasteiger partial charge in [-0.25, -0.2) is 0 Å². The molecule has 2 N–H and O–H groups in total. The van der Waals surface area contributed by atoms with Crippen LogP contribution in [0.3, 0.4) is 0 Å². The van der Waals surface area contributed by atoms with Crippen LogP contribution in [-0.4, -0.2) is 34.9 Å². The van der Waals surface area contributed by atoms with E-state index in [4.69, 9.17) is 9.84 Å². The van der Waals surface area contributed by atoms with Crippen molar-refractivity contribution in [1.82, 2.24) is 5.32 Å². The molecular formula is C17H25NO2S. The lowest BCUT2D eigenvalue weighted by Gasteiger charge is -2.43. The molecule has 1 spiro atoms. The molecule has 2 aliphatic heterocycles. The normalized spacial score (nSPS) is 25.1. The summed E-state index contributed by atoms with van der Waals surface area (Å²) < 4.78 is 6.14. The molecule has 3 nitrogen and oxygen atoms in total. The molecule has 1 aromatic rings. The Bertz CT molecular complexity index is 437. The predicted molar refractivity (Wildman–Crippen MR) is 87.5 cm³/mol. The molecule has 2 aliphatic rings. The van der Waals surface area contributed by atoms with E-state index in [0.29, 0.717) is 6.04 Å². The number of aliphatic hydroxyl groups is 1. The van der Waals surface area contributed by atoms with Gasteiger partial charge in [0, 0.05) is 19.2 Å². The van der Waals surface area contributed by atoms with Crippen molar-refractivity contribution < 1.29 is 9.84 Å². The highest BCUT2D eigenvalue weighted by Crippen LogP contribution is 2.37. The van der Waals surface area contributed by atoms with E-state index in [1.165, 1.54) is 29.9 Å². The van der Waals surface area contributed by atoms with E-state index < -0.39 is 0 Å². The maximum absolute atomic E-state index is 9.07. The van der Waals surface area contributed by atoms with Gasteiger partial charge in [-0.2, -0.15) is 11.8 Å². The average Bonchev–Trinajstić information content (AvgIpc) is 2.54. The largest absolute Gasteiger partial charge is 0.392 e. The van der Waals surface area contributed by atoms with E-state index >= 15 is 0 Å². The van der Waals surface area contributed by atoms with Crippen LogP contribution in [0.1, 0.15) is 36.8 Å². The molecule has 2 fully saturated rings. The maximum atomic E-state index is 9.07. The second kappa shape index (κ2) is 7.14. The van der Waals surface area contributed by atoms with E-state index in [0.717, 1.165) is 31.6 Å².